The first-order chi connectivity index (χ1) is 17.1. The molecule has 0 atom stereocenters. The van der Waals surface area contributed by atoms with Crippen LogP contribution in [0.15, 0.2) is 53.1 Å². The zero-order chi connectivity index (χ0) is 25.5. The van der Waals surface area contributed by atoms with E-state index in [0.717, 1.165) is 34.3 Å². The summed E-state index contributed by atoms with van der Waals surface area (Å²) in [5, 5.41) is 1.93. The third-order valence-electron chi connectivity index (χ3n) is 5.85. The Morgan fingerprint density at radius 3 is 2.44 bits per heavy atom. The molecule has 8 nitrogen and oxygen atoms in total. The van der Waals surface area contributed by atoms with Crippen LogP contribution in [0.2, 0.25) is 0 Å². The summed E-state index contributed by atoms with van der Waals surface area (Å²) in [4.78, 5) is 18.3. The summed E-state index contributed by atoms with van der Waals surface area (Å²) in [6.45, 7) is 0.894. The molecule has 0 aliphatic carbocycles. The number of thiophene rings is 1. The quantitative estimate of drug-likeness (QED) is 0.365. The molecule has 5 rings (SSSR count). The van der Waals surface area contributed by atoms with Crippen LogP contribution in [-0.2, 0) is 16.0 Å². The van der Waals surface area contributed by atoms with E-state index in [4.69, 9.17) is 4.74 Å². The summed E-state index contributed by atoms with van der Waals surface area (Å²) >= 11 is 1.43. The van der Waals surface area contributed by atoms with Crippen molar-refractivity contribution in [2.45, 2.75) is 30.0 Å². The van der Waals surface area contributed by atoms with Crippen LogP contribution in [-0.4, -0.2) is 53.8 Å². The lowest BCUT2D eigenvalue weighted by Crippen LogP contribution is -2.39. The van der Waals surface area contributed by atoms with Crippen LogP contribution in [0.5, 0.6) is 5.88 Å². The summed E-state index contributed by atoms with van der Waals surface area (Å²) in [6.07, 6.45) is 0.138. The molecule has 0 unspecified atom stereocenters. The van der Waals surface area contributed by atoms with E-state index < -0.39 is 21.7 Å². The van der Waals surface area contributed by atoms with E-state index in [0.29, 0.717) is 37.3 Å². The Labute approximate surface area is 208 Å². The molecule has 0 saturated carbocycles. The molecule has 13 heteroatoms. The average molecular weight is 536 g/mol. The fourth-order valence-corrected chi connectivity index (χ4v) is 5.58. The first-order valence-electron chi connectivity index (χ1n) is 10.9. The van der Waals surface area contributed by atoms with E-state index in [-0.39, 0.29) is 16.9 Å². The van der Waals surface area contributed by atoms with Gasteiger partial charge in [-0.05, 0) is 23.8 Å². The van der Waals surface area contributed by atoms with Crippen LogP contribution >= 0.6 is 11.3 Å². The van der Waals surface area contributed by atoms with Gasteiger partial charge in [-0.25, -0.2) is 28.4 Å². The van der Waals surface area contributed by atoms with Crippen LogP contribution in [0.4, 0.5) is 19.1 Å². The molecule has 1 aromatic carbocycles. The Bertz CT molecular complexity index is 1500. The molecule has 36 heavy (non-hydrogen) atoms. The molecule has 0 bridgehead atoms. The number of sulfone groups is 1. The van der Waals surface area contributed by atoms with Crippen molar-refractivity contribution in [1.29, 1.82) is 0 Å². The van der Waals surface area contributed by atoms with Gasteiger partial charge in [-0.15, -0.1) is 11.3 Å². The van der Waals surface area contributed by atoms with Gasteiger partial charge < -0.3 is 9.64 Å². The topological polar surface area (TPSA) is 98.2 Å². The third-order valence-corrected chi connectivity index (χ3v) is 7.94. The maximum Gasteiger partial charge on any atom is 0.433 e. The van der Waals surface area contributed by atoms with Gasteiger partial charge in [0.2, 0.25) is 11.8 Å². The van der Waals surface area contributed by atoms with Crippen molar-refractivity contribution in [3.8, 4) is 17.0 Å². The first-order valence-corrected chi connectivity index (χ1v) is 13.7. The number of piperidine rings is 1. The minimum absolute atomic E-state index is 0.0532. The van der Waals surface area contributed by atoms with E-state index in [9.17, 15) is 21.6 Å². The summed E-state index contributed by atoms with van der Waals surface area (Å²) in [7, 11) is -3.29. The molecule has 3 aromatic heterocycles. The molecule has 188 valence electrons. The zero-order valence-corrected chi connectivity index (χ0v) is 20.6. The van der Waals surface area contributed by atoms with Crippen molar-refractivity contribution in [2.24, 2.45) is 0 Å². The van der Waals surface area contributed by atoms with Crippen LogP contribution in [0, 0.1) is 0 Å². The molecule has 0 radical (unpaired) electrons. The fourth-order valence-electron chi connectivity index (χ4n) is 3.99. The first kappa shape index (κ1) is 24.4. The fraction of sp³-hybridized carbons (Fsp3) is 0.304. The van der Waals surface area contributed by atoms with E-state index in [2.05, 4.69) is 19.9 Å². The lowest BCUT2D eigenvalue weighted by Gasteiger charge is -2.32. The SMILES string of the molecule is CS(=O)(=O)c1ccc(-c2csc3c(OC4CCN(c5nccc(C(F)(F)F)n5)CC4)ncnc23)cc1. The Hall–Kier alpha value is -3.32. The number of hydrogen-bond acceptors (Lipinski definition) is 9. The van der Waals surface area contributed by atoms with Gasteiger partial charge >= 0.3 is 6.18 Å². The number of hydrogen-bond donors (Lipinski definition) is 0. The van der Waals surface area contributed by atoms with Gasteiger partial charge in [-0.1, -0.05) is 12.1 Å². The van der Waals surface area contributed by atoms with Gasteiger partial charge in [0, 0.05) is 49.3 Å². The Morgan fingerprint density at radius 2 is 1.78 bits per heavy atom. The van der Waals surface area contributed by atoms with Crippen LogP contribution in [0.3, 0.4) is 0 Å². The lowest BCUT2D eigenvalue weighted by atomic mass is 10.1. The normalized spacial score (nSPS) is 15.4. The predicted molar refractivity (Wildman–Crippen MR) is 129 cm³/mol. The van der Waals surface area contributed by atoms with Crippen LogP contribution in [0.1, 0.15) is 18.5 Å². The maximum absolute atomic E-state index is 13.0. The van der Waals surface area contributed by atoms with E-state index in [1.165, 1.54) is 17.7 Å². The van der Waals surface area contributed by atoms with E-state index in [1.807, 2.05) is 5.38 Å². The summed E-state index contributed by atoms with van der Waals surface area (Å²) in [6, 6.07) is 7.47. The molecule has 1 aliphatic heterocycles. The largest absolute Gasteiger partial charge is 0.473 e. The molecule has 0 spiro atoms. The molecule has 1 aliphatic rings. The van der Waals surface area contributed by atoms with Crippen LogP contribution in [0.25, 0.3) is 21.3 Å². The Kier molecular flexibility index (Phi) is 6.29. The molecule has 0 amide bonds. The highest BCUT2D eigenvalue weighted by Gasteiger charge is 2.34. The van der Waals surface area contributed by atoms with Crippen molar-refractivity contribution in [1.82, 2.24) is 19.9 Å². The zero-order valence-electron chi connectivity index (χ0n) is 18.9. The summed E-state index contributed by atoms with van der Waals surface area (Å²) in [5.74, 6) is 0.496. The number of ether oxygens (including phenoxy) is 1. The highest BCUT2D eigenvalue weighted by molar-refractivity contribution is 7.90. The molecular weight excluding hydrogens is 515 g/mol. The van der Waals surface area contributed by atoms with E-state index >= 15 is 0 Å². The van der Waals surface area contributed by atoms with E-state index in [1.54, 1.807) is 29.2 Å². The minimum atomic E-state index is -4.52. The number of rotatable bonds is 5. The number of benzene rings is 1. The van der Waals surface area contributed by atoms with Gasteiger partial charge in [0.25, 0.3) is 0 Å². The summed E-state index contributed by atoms with van der Waals surface area (Å²) in [5.41, 5.74) is 1.41. The molecular formula is C23H20F3N5O3S2. The van der Waals surface area contributed by atoms with Crippen LogP contribution < -0.4 is 9.64 Å². The van der Waals surface area contributed by atoms with Crippen molar-refractivity contribution in [3.63, 3.8) is 0 Å². The van der Waals surface area contributed by atoms with Crippen molar-refractivity contribution in [3.05, 3.63) is 53.9 Å². The second kappa shape index (κ2) is 9.28. The standard InChI is InChI=1S/C23H20F3N5O3S2/c1-36(32,33)16-4-2-14(3-5-16)17-12-35-20-19(17)28-13-29-21(20)34-15-7-10-31(11-8-15)22-27-9-6-18(30-22)23(24,25)26/h2-6,9,12-13,15H,7-8,10-11H2,1H3. The molecule has 4 aromatic rings. The highest BCUT2D eigenvalue weighted by Crippen LogP contribution is 2.37. The molecule has 1 saturated heterocycles. The van der Waals surface area contributed by atoms with Gasteiger partial charge in [0.05, 0.1) is 10.4 Å². The summed E-state index contributed by atoms with van der Waals surface area (Å²) < 4.78 is 69.4. The highest BCUT2D eigenvalue weighted by atomic mass is 32.2. The minimum Gasteiger partial charge on any atom is -0.473 e. The van der Waals surface area contributed by atoms with Crippen molar-refractivity contribution in [2.75, 3.05) is 24.2 Å². The smallest absolute Gasteiger partial charge is 0.433 e. The number of halogens is 3. The average Bonchev–Trinajstić information content (AvgIpc) is 3.29. The molecule has 0 N–H and O–H groups in total. The number of alkyl halides is 3. The second-order valence-electron chi connectivity index (χ2n) is 8.35. The molecule has 1 fully saturated rings. The van der Waals surface area contributed by atoms with Crippen molar-refractivity contribution >= 4 is 37.3 Å². The number of anilines is 1. The number of nitrogens with zero attached hydrogens (tertiary/aromatic N) is 5. The van der Waals surface area contributed by atoms with Crippen molar-refractivity contribution < 1.29 is 26.3 Å². The monoisotopic (exact) mass is 535 g/mol. The van der Waals surface area contributed by atoms with Gasteiger partial charge in [-0.3, -0.25) is 0 Å². The van der Waals surface area contributed by atoms with Gasteiger partial charge in [0.15, 0.2) is 9.84 Å². The number of fused-ring (bicyclic) bond motifs is 1. The predicted octanol–water partition coefficient (Wildman–Crippen LogP) is 4.62. The Morgan fingerprint density at radius 1 is 1.06 bits per heavy atom. The Balaban J connectivity index is 1.30. The van der Waals surface area contributed by atoms with Gasteiger partial charge in [0.1, 0.15) is 22.8 Å². The third kappa shape index (κ3) is 4.98. The maximum atomic E-state index is 13.0. The molecule has 4 heterocycles. The lowest BCUT2D eigenvalue weighted by molar-refractivity contribution is -0.141. The number of aromatic nitrogens is 4. The second-order valence-corrected chi connectivity index (χ2v) is 11.2. The van der Waals surface area contributed by atoms with Gasteiger partial charge in [-0.2, -0.15) is 13.2 Å².